The molecule has 5 rings (SSSR count). The van der Waals surface area contributed by atoms with Crippen molar-refractivity contribution in [2.75, 3.05) is 26.7 Å². The normalized spacial score (nSPS) is 20.0. The number of benzene rings is 1. The van der Waals surface area contributed by atoms with E-state index in [1.54, 1.807) is 12.0 Å². The predicted octanol–water partition coefficient (Wildman–Crippen LogP) is 2.69. The number of piperidine rings is 1. The average Bonchev–Trinajstić information content (AvgIpc) is 3.46. The molecule has 0 saturated carbocycles. The molecule has 4 heterocycles. The Morgan fingerprint density at radius 2 is 1.88 bits per heavy atom. The van der Waals surface area contributed by atoms with Crippen LogP contribution in [0.25, 0.3) is 10.2 Å². The Balaban J connectivity index is 1.18. The summed E-state index contributed by atoms with van der Waals surface area (Å²) in [4.78, 5) is 49.5. The number of likely N-dealkylation sites (tertiary alicyclic amines) is 2. The Kier molecular flexibility index (Phi) is 5.99. The van der Waals surface area contributed by atoms with Crippen LogP contribution in [0.15, 0.2) is 40.5 Å². The van der Waals surface area contributed by atoms with Gasteiger partial charge in [-0.2, -0.15) is 0 Å². The Morgan fingerprint density at radius 1 is 1.12 bits per heavy atom. The summed E-state index contributed by atoms with van der Waals surface area (Å²) in [5, 5.41) is 1.84. The fourth-order valence-corrected chi connectivity index (χ4v) is 5.59. The molecule has 8 nitrogen and oxygen atoms in total. The van der Waals surface area contributed by atoms with Crippen LogP contribution in [0.3, 0.4) is 0 Å². The number of aromatic nitrogens is 2. The summed E-state index contributed by atoms with van der Waals surface area (Å²) >= 11 is 1.36. The minimum absolute atomic E-state index is 0.0196. The van der Waals surface area contributed by atoms with Crippen molar-refractivity contribution in [2.24, 2.45) is 5.92 Å². The van der Waals surface area contributed by atoms with Gasteiger partial charge in [0.1, 0.15) is 16.3 Å². The van der Waals surface area contributed by atoms with E-state index >= 15 is 0 Å². The van der Waals surface area contributed by atoms with Crippen LogP contribution in [-0.4, -0.2) is 64.2 Å². The zero-order valence-corrected chi connectivity index (χ0v) is 19.3. The number of hydrogen-bond acceptors (Lipinski definition) is 7. The average molecular weight is 467 g/mol. The highest BCUT2D eigenvalue weighted by molar-refractivity contribution is 7.17. The first-order chi connectivity index (χ1) is 16.0. The molecule has 1 unspecified atom stereocenters. The van der Waals surface area contributed by atoms with Crippen molar-refractivity contribution < 1.29 is 14.3 Å². The molecular formula is C24H26N4O4S. The van der Waals surface area contributed by atoms with E-state index in [1.165, 1.54) is 11.3 Å². The van der Waals surface area contributed by atoms with Crippen LogP contribution < -0.4 is 10.3 Å². The molecule has 0 bridgehead atoms. The number of nitrogens with one attached hydrogen (secondary N) is 1. The Morgan fingerprint density at radius 3 is 2.61 bits per heavy atom. The molecule has 1 aromatic carbocycles. The van der Waals surface area contributed by atoms with E-state index in [-0.39, 0.29) is 29.2 Å². The van der Waals surface area contributed by atoms with Gasteiger partial charge in [0.15, 0.2) is 5.78 Å². The number of fused-ring (bicyclic) bond motifs is 1. The zero-order valence-electron chi connectivity index (χ0n) is 18.5. The van der Waals surface area contributed by atoms with Crippen LogP contribution in [0.2, 0.25) is 0 Å². The van der Waals surface area contributed by atoms with E-state index in [1.807, 2.05) is 35.7 Å². The third-order valence-corrected chi connectivity index (χ3v) is 7.59. The molecule has 33 heavy (non-hydrogen) atoms. The highest BCUT2D eigenvalue weighted by atomic mass is 32.1. The Bertz CT molecular complexity index is 1230. The second-order valence-corrected chi connectivity index (χ2v) is 9.53. The van der Waals surface area contributed by atoms with E-state index < -0.39 is 0 Å². The standard InChI is InChI=1S/C24H26N4O4S/c1-32-17-4-2-15(3-5-17)21(29)16-6-10-27(11-7-16)19-8-12-28(24(19)31)14-20-25-18-9-13-33-22(18)23(30)26-20/h2-5,9,13,16,19H,6-8,10-12,14H2,1H3,(H,25,26,30). The van der Waals surface area contributed by atoms with Gasteiger partial charge in [0.2, 0.25) is 5.91 Å². The molecule has 1 atom stereocenters. The number of thiophene rings is 1. The fourth-order valence-electron chi connectivity index (χ4n) is 4.86. The first-order valence-corrected chi connectivity index (χ1v) is 12.1. The number of hydrogen-bond donors (Lipinski definition) is 1. The molecule has 0 spiro atoms. The summed E-state index contributed by atoms with van der Waals surface area (Å²) in [7, 11) is 1.61. The van der Waals surface area contributed by atoms with E-state index in [9.17, 15) is 14.4 Å². The second kappa shape index (κ2) is 9.07. The number of aromatic amines is 1. The number of methoxy groups -OCH3 is 1. The van der Waals surface area contributed by atoms with Crippen molar-refractivity contribution in [3.05, 3.63) is 57.5 Å². The van der Waals surface area contributed by atoms with E-state index in [4.69, 9.17) is 4.74 Å². The summed E-state index contributed by atoms with van der Waals surface area (Å²) in [5.74, 6) is 1.47. The maximum absolute atomic E-state index is 13.1. The molecule has 2 aliphatic rings. The minimum atomic E-state index is -0.168. The van der Waals surface area contributed by atoms with Gasteiger partial charge in [-0.25, -0.2) is 4.98 Å². The monoisotopic (exact) mass is 466 g/mol. The number of rotatable bonds is 6. The molecule has 0 radical (unpaired) electrons. The molecule has 3 aromatic rings. The molecule has 2 saturated heterocycles. The third kappa shape index (κ3) is 4.30. The molecule has 2 aromatic heterocycles. The van der Waals surface area contributed by atoms with E-state index in [2.05, 4.69) is 14.9 Å². The van der Waals surface area contributed by atoms with Crippen LogP contribution in [-0.2, 0) is 11.3 Å². The lowest BCUT2D eigenvalue weighted by Crippen LogP contribution is -2.46. The van der Waals surface area contributed by atoms with Crippen molar-refractivity contribution in [1.29, 1.82) is 0 Å². The predicted molar refractivity (Wildman–Crippen MR) is 126 cm³/mol. The van der Waals surface area contributed by atoms with Gasteiger partial charge in [0.05, 0.1) is 25.2 Å². The molecule has 9 heteroatoms. The second-order valence-electron chi connectivity index (χ2n) is 8.61. The maximum Gasteiger partial charge on any atom is 0.268 e. The van der Waals surface area contributed by atoms with Gasteiger partial charge in [-0.05, 0) is 68.1 Å². The van der Waals surface area contributed by atoms with Crippen LogP contribution in [0.1, 0.15) is 35.4 Å². The lowest BCUT2D eigenvalue weighted by atomic mass is 9.88. The van der Waals surface area contributed by atoms with Crippen LogP contribution in [0.4, 0.5) is 0 Å². The summed E-state index contributed by atoms with van der Waals surface area (Å²) in [6.07, 6.45) is 2.25. The first kappa shape index (κ1) is 21.8. The maximum atomic E-state index is 13.1. The molecule has 2 fully saturated rings. The fraction of sp³-hybridized carbons (Fsp3) is 0.417. The third-order valence-electron chi connectivity index (χ3n) is 6.69. The smallest absolute Gasteiger partial charge is 0.268 e. The van der Waals surface area contributed by atoms with Crippen molar-refractivity contribution in [3.63, 3.8) is 0 Å². The molecule has 1 N–H and O–H groups in total. The summed E-state index contributed by atoms with van der Waals surface area (Å²) in [5.41, 5.74) is 1.23. The van der Waals surface area contributed by atoms with Crippen LogP contribution in [0, 0.1) is 5.92 Å². The zero-order chi connectivity index (χ0) is 22.9. The van der Waals surface area contributed by atoms with Crippen molar-refractivity contribution in [3.8, 4) is 5.75 Å². The molecule has 172 valence electrons. The molecule has 2 aliphatic heterocycles. The van der Waals surface area contributed by atoms with Gasteiger partial charge in [0, 0.05) is 18.0 Å². The Labute approximate surface area is 195 Å². The Hall–Kier alpha value is -3.04. The summed E-state index contributed by atoms with van der Waals surface area (Å²) in [6.45, 7) is 2.40. The number of ether oxygens (including phenoxy) is 1. The highest BCUT2D eigenvalue weighted by Gasteiger charge is 2.38. The lowest BCUT2D eigenvalue weighted by Gasteiger charge is -2.34. The number of H-pyrrole nitrogens is 1. The number of nitrogens with zero attached hydrogens (tertiary/aromatic N) is 3. The van der Waals surface area contributed by atoms with Gasteiger partial charge in [0.25, 0.3) is 5.56 Å². The number of ketones is 1. The van der Waals surface area contributed by atoms with Gasteiger partial charge < -0.3 is 14.6 Å². The number of Topliss-reactive ketones (excluding diaryl/α,β-unsaturated/α-hetero) is 1. The number of carbonyl (C=O) groups is 2. The van der Waals surface area contributed by atoms with Crippen molar-refractivity contribution in [2.45, 2.75) is 31.8 Å². The molecule has 1 amide bonds. The molecular weight excluding hydrogens is 440 g/mol. The quantitative estimate of drug-likeness (QED) is 0.561. The number of amides is 1. The van der Waals surface area contributed by atoms with Gasteiger partial charge >= 0.3 is 0 Å². The van der Waals surface area contributed by atoms with Crippen LogP contribution >= 0.6 is 11.3 Å². The first-order valence-electron chi connectivity index (χ1n) is 11.2. The largest absolute Gasteiger partial charge is 0.497 e. The van der Waals surface area contributed by atoms with Crippen molar-refractivity contribution in [1.82, 2.24) is 19.8 Å². The van der Waals surface area contributed by atoms with E-state index in [0.29, 0.717) is 34.7 Å². The topological polar surface area (TPSA) is 95.6 Å². The lowest BCUT2D eigenvalue weighted by molar-refractivity contribution is -0.133. The number of carbonyl (C=O) groups excluding carboxylic acids is 2. The minimum Gasteiger partial charge on any atom is -0.497 e. The summed E-state index contributed by atoms with van der Waals surface area (Å²) in [6, 6.07) is 8.91. The molecule has 0 aliphatic carbocycles. The van der Waals surface area contributed by atoms with Gasteiger partial charge in [-0.1, -0.05) is 0 Å². The highest BCUT2D eigenvalue weighted by Crippen LogP contribution is 2.27. The van der Waals surface area contributed by atoms with E-state index in [0.717, 1.165) is 38.1 Å². The van der Waals surface area contributed by atoms with Crippen LogP contribution in [0.5, 0.6) is 5.75 Å². The van der Waals surface area contributed by atoms with Gasteiger partial charge in [-0.15, -0.1) is 11.3 Å². The van der Waals surface area contributed by atoms with Gasteiger partial charge in [-0.3, -0.25) is 19.3 Å². The van der Waals surface area contributed by atoms with Crippen molar-refractivity contribution >= 4 is 33.2 Å². The summed E-state index contributed by atoms with van der Waals surface area (Å²) < 4.78 is 5.78. The SMILES string of the molecule is COc1ccc(C(=O)C2CCN(C3CCN(Cc4nc5ccsc5c(=O)[nH]4)C3=O)CC2)cc1.